The minimum absolute atomic E-state index is 0.169. The van der Waals surface area contributed by atoms with Crippen molar-refractivity contribution < 1.29 is 14.0 Å². The zero-order valence-electron chi connectivity index (χ0n) is 13.4. The van der Waals surface area contributed by atoms with Crippen LogP contribution in [-0.2, 0) is 6.54 Å². The van der Waals surface area contributed by atoms with Crippen LogP contribution in [0.3, 0.4) is 0 Å². The van der Waals surface area contributed by atoms with Gasteiger partial charge in [-0.1, -0.05) is 17.3 Å². The Morgan fingerprint density at radius 3 is 2.84 bits per heavy atom. The lowest BCUT2D eigenvalue weighted by Gasteiger charge is -2.21. The van der Waals surface area contributed by atoms with E-state index in [1.165, 1.54) is 12.1 Å². The van der Waals surface area contributed by atoms with Crippen LogP contribution in [-0.4, -0.2) is 37.8 Å². The van der Waals surface area contributed by atoms with Crippen molar-refractivity contribution in [3.8, 4) is 11.4 Å². The summed E-state index contributed by atoms with van der Waals surface area (Å²) < 4.78 is 18.5. The fourth-order valence-corrected chi connectivity index (χ4v) is 3.12. The summed E-state index contributed by atoms with van der Waals surface area (Å²) in [5, 5.41) is 14.1. The number of aliphatic hydroxyl groups excluding tert-OH is 1. The van der Waals surface area contributed by atoms with Gasteiger partial charge in [0.05, 0.1) is 12.1 Å². The number of β-amino-alcohol motifs (C(OH)–C–C–N with tert-alkyl or cyclic N) is 1. The number of nitrogens with zero attached hydrogens (tertiary/aromatic N) is 4. The molecule has 1 fully saturated rings. The summed E-state index contributed by atoms with van der Waals surface area (Å²) >= 11 is 0. The van der Waals surface area contributed by atoms with E-state index < -0.39 is 6.10 Å². The Morgan fingerprint density at radius 2 is 2.08 bits per heavy atom. The van der Waals surface area contributed by atoms with Gasteiger partial charge in [-0.3, -0.25) is 9.88 Å². The third-order valence-corrected chi connectivity index (χ3v) is 4.33. The summed E-state index contributed by atoms with van der Waals surface area (Å²) in [5.41, 5.74) is 1.74. The highest BCUT2D eigenvalue weighted by Crippen LogP contribution is 2.33. The Bertz CT molecular complexity index is 838. The molecule has 2 atom stereocenters. The van der Waals surface area contributed by atoms with Crippen molar-refractivity contribution in [1.82, 2.24) is 20.0 Å². The van der Waals surface area contributed by atoms with E-state index >= 15 is 0 Å². The number of pyridine rings is 1. The second-order valence-corrected chi connectivity index (χ2v) is 6.16. The molecule has 3 heterocycles. The maximum atomic E-state index is 13.1. The van der Waals surface area contributed by atoms with E-state index in [0.29, 0.717) is 31.2 Å². The summed E-state index contributed by atoms with van der Waals surface area (Å²) in [6.07, 6.45) is 3.42. The molecule has 7 heteroatoms. The molecular weight excluding hydrogens is 323 g/mol. The monoisotopic (exact) mass is 340 g/mol. The molecule has 0 amide bonds. The average Bonchev–Trinajstić information content (AvgIpc) is 3.24. The molecular formula is C18H17FN4O2. The SMILES string of the molecule is OC1CC(c2nc(-c3cccnc3)no2)N(Cc2ccc(F)cc2)C1. The van der Waals surface area contributed by atoms with Crippen molar-refractivity contribution >= 4 is 0 Å². The first-order valence-corrected chi connectivity index (χ1v) is 8.09. The maximum absolute atomic E-state index is 13.1. The number of benzene rings is 1. The molecule has 1 saturated heterocycles. The molecule has 2 aromatic heterocycles. The Labute approximate surface area is 143 Å². The molecule has 0 radical (unpaired) electrons. The molecule has 0 saturated carbocycles. The van der Waals surface area contributed by atoms with Gasteiger partial charge in [-0.15, -0.1) is 0 Å². The summed E-state index contributed by atoms with van der Waals surface area (Å²) in [5.74, 6) is 0.684. The Hall–Kier alpha value is -2.64. The van der Waals surface area contributed by atoms with E-state index in [1.54, 1.807) is 24.5 Å². The van der Waals surface area contributed by atoms with Crippen LogP contribution in [0, 0.1) is 5.82 Å². The number of likely N-dealkylation sites (tertiary alicyclic amines) is 1. The Balaban J connectivity index is 1.55. The van der Waals surface area contributed by atoms with Gasteiger partial charge in [-0.25, -0.2) is 4.39 Å². The fraction of sp³-hybridized carbons (Fsp3) is 0.278. The van der Waals surface area contributed by atoms with Gasteiger partial charge < -0.3 is 9.63 Å². The molecule has 1 aromatic carbocycles. The molecule has 6 nitrogen and oxygen atoms in total. The Morgan fingerprint density at radius 1 is 1.24 bits per heavy atom. The van der Waals surface area contributed by atoms with Crippen LogP contribution in [0.1, 0.15) is 23.9 Å². The van der Waals surface area contributed by atoms with Crippen molar-refractivity contribution in [3.63, 3.8) is 0 Å². The topological polar surface area (TPSA) is 75.3 Å². The lowest BCUT2D eigenvalue weighted by atomic mass is 10.1. The van der Waals surface area contributed by atoms with E-state index in [9.17, 15) is 9.50 Å². The van der Waals surface area contributed by atoms with Crippen LogP contribution in [0.15, 0.2) is 53.3 Å². The summed E-state index contributed by atoms with van der Waals surface area (Å²) in [6, 6.07) is 9.86. The van der Waals surface area contributed by atoms with E-state index in [0.717, 1.165) is 11.1 Å². The highest BCUT2D eigenvalue weighted by molar-refractivity contribution is 5.51. The lowest BCUT2D eigenvalue weighted by molar-refractivity contribution is 0.169. The standard InChI is InChI=1S/C18H17FN4O2/c19-14-5-3-12(4-6-14)10-23-11-15(24)8-16(23)18-21-17(22-25-18)13-2-1-7-20-9-13/h1-7,9,15-16,24H,8,10-11H2. The van der Waals surface area contributed by atoms with Crippen molar-refractivity contribution in [2.75, 3.05) is 6.54 Å². The van der Waals surface area contributed by atoms with Gasteiger partial charge in [-0.2, -0.15) is 4.98 Å². The normalized spacial score (nSPS) is 20.9. The van der Waals surface area contributed by atoms with Gasteiger partial charge in [0.15, 0.2) is 0 Å². The number of aliphatic hydroxyl groups is 1. The van der Waals surface area contributed by atoms with Crippen LogP contribution in [0.2, 0.25) is 0 Å². The van der Waals surface area contributed by atoms with E-state index in [1.807, 2.05) is 12.1 Å². The zero-order chi connectivity index (χ0) is 17.2. The third kappa shape index (κ3) is 3.42. The molecule has 0 bridgehead atoms. The minimum Gasteiger partial charge on any atom is -0.392 e. The predicted molar refractivity (Wildman–Crippen MR) is 87.7 cm³/mol. The highest BCUT2D eigenvalue weighted by atomic mass is 19.1. The van der Waals surface area contributed by atoms with Crippen LogP contribution in [0.25, 0.3) is 11.4 Å². The number of hydrogen-bond donors (Lipinski definition) is 1. The van der Waals surface area contributed by atoms with Crippen molar-refractivity contribution in [2.24, 2.45) is 0 Å². The number of aromatic nitrogens is 3. The summed E-state index contributed by atoms with van der Waals surface area (Å²) in [7, 11) is 0. The first-order valence-electron chi connectivity index (χ1n) is 8.09. The van der Waals surface area contributed by atoms with Crippen LogP contribution in [0.5, 0.6) is 0 Å². The Kier molecular flexibility index (Phi) is 4.25. The largest absolute Gasteiger partial charge is 0.392 e. The molecule has 4 rings (SSSR count). The van der Waals surface area contributed by atoms with Gasteiger partial charge in [-0.05, 0) is 36.2 Å². The molecule has 0 spiro atoms. The molecule has 25 heavy (non-hydrogen) atoms. The molecule has 1 N–H and O–H groups in total. The predicted octanol–water partition coefficient (Wildman–Crippen LogP) is 2.58. The molecule has 1 aliphatic heterocycles. The zero-order valence-corrected chi connectivity index (χ0v) is 13.4. The van der Waals surface area contributed by atoms with Crippen molar-refractivity contribution in [3.05, 3.63) is 66.1 Å². The second-order valence-electron chi connectivity index (χ2n) is 6.16. The van der Waals surface area contributed by atoms with Gasteiger partial charge in [0.1, 0.15) is 5.82 Å². The van der Waals surface area contributed by atoms with E-state index in [4.69, 9.17) is 4.52 Å². The summed E-state index contributed by atoms with van der Waals surface area (Å²) in [6.45, 7) is 1.08. The van der Waals surface area contributed by atoms with Crippen molar-refractivity contribution in [1.29, 1.82) is 0 Å². The molecule has 2 unspecified atom stereocenters. The van der Waals surface area contributed by atoms with Crippen LogP contribution < -0.4 is 0 Å². The van der Waals surface area contributed by atoms with Gasteiger partial charge >= 0.3 is 0 Å². The van der Waals surface area contributed by atoms with Crippen molar-refractivity contribution in [2.45, 2.75) is 25.1 Å². The third-order valence-electron chi connectivity index (χ3n) is 4.33. The smallest absolute Gasteiger partial charge is 0.244 e. The van der Waals surface area contributed by atoms with E-state index in [-0.39, 0.29) is 11.9 Å². The van der Waals surface area contributed by atoms with Gasteiger partial charge in [0.25, 0.3) is 0 Å². The fourth-order valence-electron chi connectivity index (χ4n) is 3.12. The van der Waals surface area contributed by atoms with Crippen LogP contribution in [0.4, 0.5) is 4.39 Å². The van der Waals surface area contributed by atoms with Crippen LogP contribution >= 0.6 is 0 Å². The number of hydrogen-bond acceptors (Lipinski definition) is 6. The molecule has 3 aromatic rings. The van der Waals surface area contributed by atoms with Gasteiger partial charge in [0, 0.05) is 31.0 Å². The first kappa shape index (κ1) is 15.9. The first-order chi connectivity index (χ1) is 12.2. The second kappa shape index (κ2) is 6.70. The average molecular weight is 340 g/mol. The lowest BCUT2D eigenvalue weighted by Crippen LogP contribution is -2.24. The highest BCUT2D eigenvalue weighted by Gasteiger charge is 2.35. The molecule has 1 aliphatic rings. The molecule has 128 valence electrons. The maximum Gasteiger partial charge on any atom is 0.244 e. The summed E-state index contributed by atoms with van der Waals surface area (Å²) in [4.78, 5) is 10.6. The van der Waals surface area contributed by atoms with Gasteiger partial charge in [0.2, 0.25) is 11.7 Å². The number of halogens is 1. The number of rotatable bonds is 4. The molecule has 0 aliphatic carbocycles. The quantitative estimate of drug-likeness (QED) is 0.787. The van der Waals surface area contributed by atoms with E-state index in [2.05, 4.69) is 20.0 Å². The minimum atomic E-state index is -0.459.